The van der Waals surface area contributed by atoms with Gasteiger partial charge in [-0.2, -0.15) is 0 Å². The van der Waals surface area contributed by atoms with E-state index in [9.17, 15) is 8.42 Å². The van der Waals surface area contributed by atoms with E-state index in [1.165, 1.54) is 0 Å². The monoisotopic (exact) mass is 305 g/mol. The Balaban J connectivity index is 2.27. The van der Waals surface area contributed by atoms with E-state index in [4.69, 9.17) is 0 Å². The lowest BCUT2D eigenvalue weighted by Gasteiger charge is -2.16. The highest BCUT2D eigenvalue weighted by Gasteiger charge is 2.21. The molecule has 0 spiro atoms. The third-order valence-electron chi connectivity index (χ3n) is 3.09. The lowest BCUT2D eigenvalue weighted by molar-refractivity contribution is 0.562. The second-order valence-corrected chi connectivity index (χ2v) is 6.42. The molecule has 21 heavy (non-hydrogen) atoms. The minimum Gasteiger partial charge on any atom is -0.316 e. The number of hydrogen-bond acceptors (Lipinski definition) is 4. The molecule has 0 saturated carbocycles. The summed E-state index contributed by atoms with van der Waals surface area (Å²) < 4.78 is 27.8. The summed E-state index contributed by atoms with van der Waals surface area (Å²) in [6.07, 6.45) is 1.65. The average Bonchev–Trinajstić information content (AvgIpc) is 2.48. The molecule has 2 N–H and O–H groups in total. The summed E-state index contributed by atoms with van der Waals surface area (Å²) in [6.45, 7) is 2.27. The summed E-state index contributed by atoms with van der Waals surface area (Å²) in [6, 6.07) is 12.0. The van der Waals surface area contributed by atoms with Crippen molar-refractivity contribution in [1.82, 2.24) is 15.0 Å². The van der Waals surface area contributed by atoms with Crippen molar-refractivity contribution in [2.24, 2.45) is 0 Å². The van der Waals surface area contributed by atoms with Crippen LogP contribution in [0.25, 0.3) is 0 Å². The minimum absolute atomic E-state index is 0.294. The quantitative estimate of drug-likeness (QED) is 0.854. The molecule has 0 aliphatic heterocycles. The standard InChI is InChI=1S/C15H19N3O2S/c1-12(14-8-5-6-10-17-14)18-21(19,20)15-9-4-3-7-13(15)11-16-2/h3-10,12,16,18H,11H2,1-2H3. The van der Waals surface area contributed by atoms with Crippen molar-refractivity contribution in [1.29, 1.82) is 0 Å². The summed E-state index contributed by atoms with van der Waals surface area (Å²) in [4.78, 5) is 4.47. The van der Waals surface area contributed by atoms with E-state index in [1.54, 1.807) is 50.5 Å². The number of sulfonamides is 1. The van der Waals surface area contributed by atoms with Crippen LogP contribution >= 0.6 is 0 Å². The summed E-state index contributed by atoms with van der Waals surface area (Å²) in [5, 5.41) is 2.98. The van der Waals surface area contributed by atoms with Crippen molar-refractivity contribution in [2.45, 2.75) is 24.4 Å². The summed E-state index contributed by atoms with van der Waals surface area (Å²) in [7, 11) is -1.81. The van der Waals surface area contributed by atoms with Crippen LogP contribution in [0.15, 0.2) is 53.6 Å². The van der Waals surface area contributed by atoms with Gasteiger partial charge in [0.1, 0.15) is 0 Å². The number of nitrogens with zero attached hydrogens (tertiary/aromatic N) is 1. The molecule has 2 rings (SSSR count). The van der Waals surface area contributed by atoms with Gasteiger partial charge in [0.2, 0.25) is 10.0 Å². The Kier molecular flexibility index (Phi) is 5.06. The van der Waals surface area contributed by atoms with Gasteiger partial charge in [-0.05, 0) is 37.7 Å². The lowest BCUT2D eigenvalue weighted by atomic mass is 10.2. The minimum atomic E-state index is -3.59. The van der Waals surface area contributed by atoms with E-state index in [-0.39, 0.29) is 6.04 Å². The number of hydrogen-bond donors (Lipinski definition) is 2. The third-order valence-corrected chi connectivity index (χ3v) is 4.73. The van der Waals surface area contributed by atoms with Gasteiger partial charge in [0.15, 0.2) is 0 Å². The SMILES string of the molecule is CNCc1ccccc1S(=O)(=O)NC(C)c1ccccn1. The van der Waals surface area contributed by atoms with Gasteiger partial charge in [0.05, 0.1) is 16.6 Å². The Labute approximate surface area is 125 Å². The Morgan fingerprint density at radius 1 is 1.14 bits per heavy atom. The van der Waals surface area contributed by atoms with E-state index < -0.39 is 10.0 Å². The Hall–Kier alpha value is -1.76. The zero-order chi connectivity index (χ0) is 15.3. The van der Waals surface area contributed by atoms with Crippen molar-refractivity contribution in [3.05, 3.63) is 59.9 Å². The fourth-order valence-electron chi connectivity index (χ4n) is 2.09. The molecule has 1 heterocycles. The molecular weight excluding hydrogens is 286 g/mol. The zero-order valence-electron chi connectivity index (χ0n) is 12.1. The van der Waals surface area contributed by atoms with Crippen LogP contribution in [0, 0.1) is 0 Å². The molecule has 112 valence electrons. The number of nitrogens with one attached hydrogen (secondary N) is 2. The largest absolute Gasteiger partial charge is 0.316 e. The highest BCUT2D eigenvalue weighted by molar-refractivity contribution is 7.89. The van der Waals surface area contributed by atoms with Gasteiger partial charge in [0.25, 0.3) is 0 Å². The molecule has 1 unspecified atom stereocenters. The molecule has 0 saturated heterocycles. The first-order valence-corrected chi connectivity index (χ1v) is 8.18. The molecule has 2 aromatic rings. The second-order valence-electron chi connectivity index (χ2n) is 4.74. The van der Waals surface area contributed by atoms with Gasteiger partial charge >= 0.3 is 0 Å². The lowest BCUT2D eigenvalue weighted by Crippen LogP contribution is -2.28. The molecule has 0 fully saturated rings. The van der Waals surface area contributed by atoms with Crippen LogP contribution < -0.4 is 10.0 Å². The predicted molar refractivity (Wildman–Crippen MR) is 82.2 cm³/mol. The maximum Gasteiger partial charge on any atom is 0.241 e. The topological polar surface area (TPSA) is 71.1 Å². The van der Waals surface area contributed by atoms with Crippen LogP contribution in [-0.2, 0) is 16.6 Å². The van der Waals surface area contributed by atoms with Crippen LogP contribution in [0.4, 0.5) is 0 Å². The molecule has 5 nitrogen and oxygen atoms in total. The highest BCUT2D eigenvalue weighted by atomic mass is 32.2. The number of aromatic nitrogens is 1. The molecule has 0 aliphatic carbocycles. The molecule has 0 amide bonds. The van der Waals surface area contributed by atoms with Crippen molar-refractivity contribution >= 4 is 10.0 Å². The van der Waals surface area contributed by atoms with Gasteiger partial charge < -0.3 is 5.32 Å². The van der Waals surface area contributed by atoms with E-state index in [0.717, 1.165) is 5.56 Å². The molecule has 1 aromatic heterocycles. The fourth-order valence-corrected chi connectivity index (χ4v) is 3.55. The maximum absolute atomic E-state index is 12.5. The summed E-state index contributed by atoms with van der Waals surface area (Å²) >= 11 is 0. The summed E-state index contributed by atoms with van der Waals surface area (Å²) in [5.74, 6) is 0. The van der Waals surface area contributed by atoms with Gasteiger partial charge in [-0.3, -0.25) is 4.98 Å². The number of pyridine rings is 1. The molecule has 0 aliphatic rings. The number of benzene rings is 1. The van der Waals surface area contributed by atoms with Crippen LogP contribution in [-0.4, -0.2) is 20.4 Å². The van der Waals surface area contributed by atoms with E-state index >= 15 is 0 Å². The Morgan fingerprint density at radius 3 is 2.52 bits per heavy atom. The van der Waals surface area contributed by atoms with Gasteiger partial charge in [0, 0.05) is 12.7 Å². The number of rotatable bonds is 6. The Bertz CT molecular complexity index is 687. The first kappa shape index (κ1) is 15.6. The fraction of sp³-hybridized carbons (Fsp3) is 0.267. The normalized spacial score (nSPS) is 13.0. The van der Waals surface area contributed by atoms with E-state index in [2.05, 4.69) is 15.0 Å². The molecule has 0 bridgehead atoms. The molecule has 0 radical (unpaired) electrons. The third kappa shape index (κ3) is 3.87. The average molecular weight is 305 g/mol. The molecular formula is C15H19N3O2S. The van der Waals surface area contributed by atoms with Crippen LogP contribution in [0.3, 0.4) is 0 Å². The van der Waals surface area contributed by atoms with Crippen LogP contribution in [0.2, 0.25) is 0 Å². The van der Waals surface area contributed by atoms with E-state index in [1.807, 2.05) is 12.1 Å². The van der Waals surface area contributed by atoms with Gasteiger partial charge in [-0.25, -0.2) is 13.1 Å². The predicted octanol–water partition coefficient (Wildman–Crippen LogP) is 1.84. The van der Waals surface area contributed by atoms with Crippen molar-refractivity contribution in [3.63, 3.8) is 0 Å². The zero-order valence-corrected chi connectivity index (χ0v) is 12.9. The second kappa shape index (κ2) is 6.80. The van der Waals surface area contributed by atoms with Crippen molar-refractivity contribution < 1.29 is 8.42 Å². The van der Waals surface area contributed by atoms with E-state index in [0.29, 0.717) is 17.1 Å². The first-order chi connectivity index (χ1) is 10.0. The Morgan fingerprint density at radius 2 is 1.86 bits per heavy atom. The smallest absolute Gasteiger partial charge is 0.241 e. The van der Waals surface area contributed by atoms with Crippen LogP contribution in [0.1, 0.15) is 24.2 Å². The maximum atomic E-state index is 12.5. The van der Waals surface area contributed by atoms with Crippen molar-refractivity contribution in [3.8, 4) is 0 Å². The van der Waals surface area contributed by atoms with Gasteiger partial charge in [-0.15, -0.1) is 0 Å². The first-order valence-electron chi connectivity index (χ1n) is 6.70. The van der Waals surface area contributed by atoms with Gasteiger partial charge in [-0.1, -0.05) is 24.3 Å². The van der Waals surface area contributed by atoms with Crippen LogP contribution in [0.5, 0.6) is 0 Å². The molecule has 6 heteroatoms. The van der Waals surface area contributed by atoms with Crippen molar-refractivity contribution in [2.75, 3.05) is 7.05 Å². The molecule has 1 aromatic carbocycles. The summed E-state index contributed by atoms with van der Waals surface area (Å²) in [5.41, 5.74) is 1.42. The molecule has 1 atom stereocenters. The highest BCUT2D eigenvalue weighted by Crippen LogP contribution is 2.18.